The summed E-state index contributed by atoms with van der Waals surface area (Å²) >= 11 is 0. The second-order valence-electron chi connectivity index (χ2n) is 7.97. The van der Waals surface area contributed by atoms with Gasteiger partial charge in [0, 0.05) is 39.3 Å². The molecular weight excluding hydrogens is 404 g/mol. The van der Waals surface area contributed by atoms with Crippen LogP contribution in [-0.2, 0) is 29.1 Å². The minimum absolute atomic E-state index is 1.06. The van der Waals surface area contributed by atoms with Gasteiger partial charge in [-0.15, -0.1) is 0 Å². The molecule has 0 radical (unpaired) electrons. The molecule has 0 amide bonds. The molecule has 1 saturated heterocycles. The van der Waals surface area contributed by atoms with E-state index >= 15 is 0 Å². The van der Waals surface area contributed by atoms with Crippen molar-refractivity contribution in [3.63, 3.8) is 0 Å². The number of carbonyl (C=O) groups is 2. The lowest BCUT2D eigenvalue weighted by molar-refractivity contribution is -0.159. The molecule has 6 heteroatoms. The Balaban J connectivity index is 0.000000427. The van der Waals surface area contributed by atoms with Crippen molar-refractivity contribution in [3.05, 3.63) is 83.4 Å². The number of piperazine rings is 1. The first-order valence-corrected chi connectivity index (χ1v) is 10.9. The lowest BCUT2D eigenvalue weighted by Crippen LogP contribution is -2.45. The third kappa shape index (κ3) is 6.64. The average molecular weight is 435 g/mol. The molecule has 1 aliphatic heterocycles. The summed E-state index contributed by atoms with van der Waals surface area (Å²) in [7, 11) is 0. The zero-order chi connectivity index (χ0) is 22.9. The highest BCUT2D eigenvalue weighted by atomic mass is 16.4. The summed E-state index contributed by atoms with van der Waals surface area (Å²) in [6.45, 7) is 8.95. The number of rotatable bonds is 5. The van der Waals surface area contributed by atoms with E-state index in [0.29, 0.717) is 0 Å². The average Bonchev–Trinajstić information content (AvgIpc) is 2.81. The molecule has 1 fully saturated rings. The first-order valence-electron chi connectivity index (χ1n) is 10.9. The van der Waals surface area contributed by atoms with Crippen LogP contribution in [0, 0.1) is 0 Å². The molecule has 1 aliphatic rings. The number of carboxylic acids is 2. The van der Waals surface area contributed by atoms with Crippen molar-refractivity contribution >= 4 is 22.7 Å². The number of carboxylic acid groups (broad SMARTS) is 2. The topological polar surface area (TPSA) is 81.1 Å². The zero-order valence-electron chi connectivity index (χ0n) is 18.4. The third-order valence-corrected chi connectivity index (χ3v) is 5.76. The van der Waals surface area contributed by atoms with Crippen molar-refractivity contribution < 1.29 is 19.8 Å². The predicted molar refractivity (Wildman–Crippen MR) is 126 cm³/mol. The minimum Gasteiger partial charge on any atom is -0.473 e. The van der Waals surface area contributed by atoms with Gasteiger partial charge in [-0.3, -0.25) is 9.80 Å². The van der Waals surface area contributed by atoms with Crippen molar-refractivity contribution in [2.24, 2.45) is 0 Å². The Morgan fingerprint density at radius 2 is 1.25 bits per heavy atom. The molecular formula is C26H30N2O4. The molecule has 3 aromatic rings. The maximum absolute atomic E-state index is 9.10. The quantitative estimate of drug-likeness (QED) is 0.594. The fourth-order valence-corrected chi connectivity index (χ4v) is 3.92. The van der Waals surface area contributed by atoms with Crippen LogP contribution in [0.4, 0.5) is 0 Å². The zero-order valence-corrected chi connectivity index (χ0v) is 18.4. The molecule has 168 valence electrons. The van der Waals surface area contributed by atoms with Crippen LogP contribution in [0.2, 0.25) is 0 Å². The van der Waals surface area contributed by atoms with E-state index in [1.807, 2.05) is 0 Å². The number of nitrogens with zero attached hydrogens (tertiary/aromatic N) is 2. The molecule has 0 atom stereocenters. The Bertz CT molecular complexity index is 1020. The maximum Gasteiger partial charge on any atom is 0.414 e. The van der Waals surface area contributed by atoms with Crippen molar-refractivity contribution in [2.45, 2.75) is 26.4 Å². The molecule has 0 saturated carbocycles. The van der Waals surface area contributed by atoms with Gasteiger partial charge < -0.3 is 10.2 Å². The van der Waals surface area contributed by atoms with Gasteiger partial charge in [-0.05, 0) is 33.9 Å². The van der Waals surface area contributed by atoms with Crippen LogP contribution < -0.4 is 0 Å². The Kier molecular flexibility index (Phi) is 8.36. The first-order chi connectivity index (χ1) is 15.5. The van der Waals surface area contributed by atoms with Crippen LogP contribution in [0.25, 0.3) is 10.8 Å². The van der Waals surface area contributed by atoms with E-state index in [9.17, 15) is 0 Å². The summed E-state index contributed by atoms with van der Waals surface area (Å²) < 4.78 is 0. The lowest BCUT2D eigenvalue weighted by Gasteiger charge is -2.35. The smallest absolute Gasteiger partial charge is 0.414 e. The van der Waals surface area contributed by atoms with Gasteiger partial charge in [-0.1, -0.05) is 73.7 Å². The number of fused-ring (bicyclic) bond motifs is 1. The predicted octanol–water partition coefficient (Wildman–Crippen LogP) is 3.88. The molecule has 0 bridgehead atoms. The fourth-order valence-electron chi connectivity index (χ4n) is 3.92. The molecule has 1 heterocycles. The molecule has 0 unspecified atom stereocenters. The second-order valence-corrected chi connectivity index (χ2v) is 7.97. The van der Waals surface area contributed by atoms with E-state index < -0.39 is 11.9 Å². The largest absolute Gasteiger partial charge is 0.473 e. The fraction of sp³-hybridized carbons (Fsp3) is 0.308. The van der Waals surface area contributed by atoms with Crippen LogP contribution in [0.5, 0.6) is 0 Å². The number of hydrogen-bond donors (Lipinski definition) is 2. The third-order valence-electron chi connectivity index (χ3n) is 5.76. The highest BCUT2D eigenvalue weighted by molar-refractivity contribution is 6.27. The van der Waals surface area contributed by atoms with Gasteiger partial charge in [0.05, 0.1) is 0 Å². The summed E-state index contributed by atoms with van der Waals surface area (Å²) in [4.78, 5) is 23.4. The first kappa shape index (κ1) is 23.4. The molecule has 0 spiro atoms. The van der Waals surface area contributed by atoms with E-state index in [0.717, 1.165) is 45.7 Å². The molecule has 0 aliphatic carbocycles. The van der Waals surface area contributed by atoms with E-state index in [1.54, 1.807) is 0 Å². The summed E-state index contributed by atoms with van der Waals surface area (Å²) in [5, 5.41) is 17.5. The van der Waals surface area contributed by atoms with Crippen LogP contribution in [0.15, 0.2) is 66.7 Å². The highest BCUT2D eigenvalue weighted by Gasteiger charge is 2.17. The number of benzene rings is 3. The maximum atomic E-state index is 9.10. The Morgan fingerprint density at radius 1 is 0.719 bits per heavy atom. The van der Waals surface area contributed by atoms with Crippen LogP contribution in [0.3, 0.4) is 0 Å². The molecule has 6 nitrogen and oxygen atoms in total. The molecule has 4 rings (SSSR count). The van der Waals surface area contributed by atoms with Gasteiger partial charge >= 0.3 is 11.9 Å². The summed E-state index contributed by atoms with van der Waals surface area (Å²) in [6, 6.07) is 24.5. The van der Waals surface area contributed by atoms with Crippen molar-refractivity contribution in [2.75, 3.05) is 26.2 Å². The van der Waals surface area contributed by atoms with Gasteiger partial charge in [0.15, 0.2) is 0 Å². The molecule has 0 aromatic heterocycles. The monoisotopic (exact) mass is 434 g/mol. The summed E-state index contributed by atoms with van der Waals surface area (Å²) in [6.07, 6.45) is 1.12. The van der Waals surface area contributed by atoms with Crippen LogP contribution >= 0.6 is 0 Å². The van der Waals surface area contributed by atoms with Gasteiger partial charge in [0.2, 0.25) is 0 Å². The Morgan fingerprint density at radius 3 is 1.84 bits per heavy atom. The van der Waals surface area contributed by atoms with Crippen LogP contribution in [0.1, 0.15) is 23.6 Å². The number of aryl methyl sites for hydroxylation is 1. The van der Waals surface area contributed by atoms with Crippen LogP contribution in [-0.4, -0.2) is 58.1 Å². The van der Waals surface area contributed by atoms with E-state index in [4.69, 9.17) is 19.8 Å². The number of hydrogen-bond acceptors (Lipinski definition) is 4. The van der Waals surface area contributed by atoms with Crippen molar-refractivity contribution in [3.8, 4) is 0 Å². The summed E-state index contributed by atoms with van der Waals surface area (Å²) in [5.74, 6) is -3.65. The van der Waals surface area contributed by atoms with Gasteiger partial charge in [0.1, 0.15) is 0 Å². The van der Waals surface area contributed by atoms with E-state index in [-0.39, 0.29) is 0 Å². The second kappa shape index (κ2) is 11.4. The Hall–Kier alpha value is -3.22. The van der Waals surface area contributed by atoms with Gasteiger partial charge in [-0.25, -0.2) is 9.59 Å². The van der Waals surface area contributed by atoms with Gasteiger partial charge in [0.25, 0.3) is 0 Å². The molecule has 32 heavy (non-hydrogen) atoms. The SMILES string of the molecule is CCc1ccc(CN2CCN(Cc3cccc4ccccc34)CC2)cc1.O=C(O)C(=O)O. The molecule has 2 N–H and O–H groups in total. The minimum atomic E-state index is -1.82. The lowest BCUT2D eigenvalue weighted by atomic mass is 10.0. The normalized spacial score (nSPS) is 14.5. The number of aliphatic carboxylic acids is 2. The Labute approximate surface area is 188 Å². The summed E-state index contributed by atoms with van der Waals surface area (Å²) in [5.41, 5.74) is 4.31. The van der Waals surface area contributed by atoms with Crippen molar-refractivity contribution in [1.29, 1.82) is 0 Å². The van der Waals surface area contributed by atoms with Gasteiger partial charge in [-0.2, -0.15) is 0 Å². The van der Waals surface area contributed by atoms with E-state index in [2.05, 4.69) is 83.5 Å². The van der Waals surface area contributed by atoms with Crippen molar-refractivity contribution in [1.82, 2.24) is 9.80 Å². The molecule has 3 aromatic carbocycles. The van der Waals surface area contributed by atoms with E-state index in [1.165, 1.54) is 27.5 Å². The standard InChI is InChI=1S/C24H28N2.C2H2O4/c1-2-20-10-12-21(13-11-20)18-25-14-16-26(17-15-25)19-23-8-5-7-22-6-3-4-9-24(22)23;3-1(4)2(5)6/h3-13H,2,14-19H2,1H3;(H,3,4)(H,5,6). The highest BCUT2D eigenvalue weighted by Crippen LogP contribution is 2.21.